The zero-order chi connectivity index (χ0) is 14.8. The molecule has 2 aromatic carbocycles. The lowest BCUT2D eigenvalue weighted by Crippen LogP contribution is -2.34. The number of hydrogen-bond acceptors (Lipinski definition) is 4. The number of aromatic amines is 1. The molecule has 2 heterocycles. The molecule has 0 bridgehead atoms. The van der Waals surface area contributed by atoms with Crippen LogP contribution in [0.2, 0.25) is 0 Å². The van der Waals surface area contributed by atoms with E-state index in [1.54, 1.807) is 6.34 Å². The monoisotopic (exact) mass is 289 g/mol. The van der Waals surface area contributed by atoms with Gasteiger partial charge in [-0.3, -0.25) is 0 Å². The van der Waals surface area contributed by atoms with E-state index in [1.807, 2.05) is 66.7 Å². The molecule has 0 fully saturated rings. The highest BCUT2D eigenvalue weighted by Crippen LogP contribution is 2.36. The molecule has 1 unspecified atom stereocenters. The van der Waals surface area contributed by atoms with Gasteiger partial charge in [0.05, 0.1) is 17.0 Å². The number of quaternary nitrogens is 1. The van der Waals surface area contributed by atoms with E-state index in [2.05, 4.69) is 25.7 Å². The van der Waals surface area contributed by atoms with Crippen LogP contribution in [-0.2, 0) is 0 Å². The molecule has 4 rings (SSSR count). The van der Waals surface area contributed by atoms with E-state index in [0.717, 1.165) is 22.8 Å². The van der Waals surface area contributed by atoms with Crippen LogP contribution >= 0.6 is 0 Å². The summed E-state index contributed by atoms with van der Waals surface area (Å²) in [5.74, 6) is 0.787. The molecule has 1 aromatic heterocycles. The van der Waals surface area contributed by atoms with Gasteiger partial charge in [0.15, 0.2) is 5.69 Å². The maximum atomic E-state index is 4.40. The Morgan fingerprint density at radius 1 is 0.864 bits per heavy atom. The Bertz CT molecular complexity index is 823. The van der Waals surface area contributed by atoms with Crippen molar-refractivity contribution in [2.24, 2.45) is 15.5 Å². The standard InChI is InChI=1S/C16H13N6/c1-3-7-13(8-4-1)15-11-16(19-18-15)22(12-17-20-21-22)14-9-5-2-6-10-14/h1-12H,(H,18,19)/q+1. The first kappa shape index (κ1) is 12.6. The lowest BCUT2D eigenvalue weighted by Gasteiger charge is -2.18. The summed E-state index contributed by atoms with van der Waals surface area (Å²) >= 11 is 0. The van der Waals surface area contributed by atoms with E-state index >= 15 is 0 Å². The van der Waals surface area contributed by atoms with Gasteiger partial charge < -0.3 is 0 Å². The Labute approximate surface area is 127 Å². The molecule has 1 aliphatic rings. The Morgan fingerprint density at radius 3 is 2.27 bits per heavy atom. The number of aromatic nitrogens is 2. The second-order valence-corrected chi connectivity index (χ2v) is 4.94. The molecular weight excluding hydrogens is 276 g/mol. The summed E-state index contributed by atoms with van der Waals surface area (Å²) in [5, 5.41) is 19.5. The van der Waals surface area contributed by atoms with Crippen molar-refractivity contribution >= 4 is 17.8 Å². The molecule has 0 spiro atoms. The third-order valence-electron chi connectivity index (χ3n) is 3.60. The first-order valence-corrected chi connectivity index (χ1v) is 6.91. The fourth-order valence-electron chi connectivity index (χ4n) is 2.47. The lowest BCUT2D eigenvalue weighted by atomic mass is 10.1. The Balaban J connectivity index is 1.82. The number of H-pyrrole nitrogens is 1. The molecule has 106 valence electrons. The summed E-state index contributed by atoms with van der Waals surface area (Å²) in [6.45, 7) is 0. The largest absolute Gasteiger partial charge is 0.263 e. The number of benzene rings is 2. The molecule has 1 atom stereocenters. The van der Waals surface area contributed by atoms with Crippen LogP contribution in [0.5, 0.6) is 0 Å². The molecule has 1 aliphatic heterocycles. The van der Waals surface area contributed by atoms with E-state index < -0.39 is 0 Å². The summed E-state index contributed by atoms with van der Waals surface area (Å²) in [6, 6.07) is 21.8. The van der Waals surface area contributed by atoms with Gasteiger partial charge in [-0.2, -0.15) is 5.10 Å². The average molecular weight is 289 g/mol. The van der Waals surface area contributed by atoms with Crippen LogP contribution in [0, 0.1) is 0 Å². The maximum Gasteiger partial charge on any atom is 0.263 e. The molecule has 0 amide bonds. The minimum atomic E-state index is 0.0562. The van der Waals surface area contributed by atoms with Crippen molar-refractivity contribution < 1.29 is 0 Å². The highest BCUT2D eigenvalue weighted by atomic mass is 15.8. The van der Waals surface area contributed by atoms with E-state index in [-0.39, 0.29) is 4.59 Å². The van der Waals surface area contributed by atoms with Crippen LogP contribution in [0.25, 0.3) is 11.3 Å². The minimum absolute atomic E-state index is 0.0562. The fraction of sp³-hybridized carbons (Fsp3) is 0. The van der Waals surface area contributed by atoms with Crippen molar-refractivity contribution in [2.75, 3.05) is 0 Å². The van der Waals surface area contributed by atoms with Gasteiger partial charge in [-0.15, -0.1) is 0 Å². The van der Waals surface area contributed by atoms with Crippen molar-refractivity contribution in [1.29, 1.82) is 0 Å². The predicted octanol–water partition coefficient (Wildman–Crippen LogP) is 4.04. The molecule has 22 heavy (non-hydrogen) atoms. The van der Waals surface area contributed by atoms with Crippen LogP contribution in [-0.4, -0.2) is 16.5 Å². The molecule has 0 aliphatic carbocycles. The third kappa shape index (κ3) is 1.94. The number of para-hydroxylation sites is 1. The quantitative estimate of drug-likeness (QED) is 0.726. The summed E-state index contributed by atoms with van der Waals surface area (Å²) in [4.78, 5) is 0. The van der Waals surface area contributed by atoms with Gasteiger partial charge in [-0.05, 0) is 0 Å². The van der Waals surface area contributed by atoms with E-state index in [1.165, 1.54) is 0 Å². The summed E-state index contributed by atoms with van der Waals surface area (Å²) in [5.41, 5.74) is 2.85. The van der Waals surface area contributed by atoms with Crippen LogP contribution in [0.1, 0.15) is 0 Å². The highest BCUT2D eigenvalue weighted by molar-refractivity contribution is 5.82. The summed E-state index contributed by atoms with van der Waals surface area (Å²) < 4.78 is 0.0562. The number of rotatable bonds is 3. The normalized spacial score (nSPS) is 19.6. The van der Waals surface area contributed by atoms with Gasteiger partial charge in [-0.1, -0.05) is 58.2 Å². The topological polar surface area (TPSA) is 65.8 Å². The zero-order valence-electron chi connectivity index (χ0n) is 11.7. The van der Waals surface area contributed by atoms with Gasteiger partial charge in [0.2, 0.25) is 0 Å². The lowest BCUT2D eigenvalue weighted by molar-refractivity contribution is 0.570. The van der Waals surface area contributed by atoms with Crippen LogP contribution < -0.4 is 4.59 Å². The van der Waals surface area contributed by atoms with E-state index in [9.17, 15) is 0 Å². The van der Waals surface area contributed by atoms with Crippen molar-refractivity contribution in [2.45, 2.75) is 0 Å². The van der Waals surface area contributed by atoms with Crippen molar-refractivity contribution in [3.05, 3.63) is 66.7 Å². The number of nitrogens with one attached hydrogen (secondary N) is 1. The van der Waals surface area contributed by atoms with Crippen molar-refractivity contribution in [3.63, 3.8) is 0 Å². The third-order valence-corrected chi connectivity index (χ3v) is 3.60. The first-order valence-electron chi connectivity index (χ1n) is 6.91. The van der Waals surface area contributed by atoms with Gasteiger partial charge in [0.1, 0.15) is 0 Å². The van der Waals surface area contributed by atoms with Crippen molar-refractivity contribution in [1.82, 2.24) is 14.8 Å². The van der Waals surface area contributed by atoms with E-state index in [4.69, 9.17) is 0 Å². The highest BCUT2D eigenvalue weighted by Gasteiger charge is 2.39. The van der Waals surface area contributed by atoms with Gasteiger partial charge >= 0.3 is 0 Å². The SMILES string of the molecule is C1=NN=N[N+]1(c1ccccc1)c1cc(-c2ccccc2)n[nH]1. The first-order chi connectivity index (χ1) is 10.9. The molecule has 1 N–H and O–H groups in total. The molecule has 3 aromatic rings. The summed E-state index contributed by atoms with van der Waals surface area (Å²) in [6.07, 6.45) is 1.68. The van der Waals surface area contributed by atoms with E-state index in [0.29, 0.717) is 0 Å². The molecular formula is C16H13N6+. The molecule has 6 nitrogen and oxygen atoms in total. The molecule has 6 heteroatoms. The predicted molar refractivity (Wildman–Crippen MR) is 85.3 cm³/mol. The minimum Gasteiger partial charge on any atom is -0.228 e. The Morgan fingerprint density at radius 2 is 1.59 bits per heavy atom. The maximum absolute atomic E-state index is 4.40. The van der Waals surface area contributed by atoms with Crippen LogP contribution in [0.3, 0.4) is 0 Å². The second kappa shape index (κ2) is 5.01. The van der Waals surface area contributed by atoms with Crippen LogP contribution in [0.15, 0.2) is 82.3 Å². The smallest absolute Gasteiger partial charge is 0.228 e. The van der Waals surface area contributed by atoms with Crippen LogP contribution in [0.4, 0.5) is 11.5 Å². The number of hydrogen-bond donors (Lipinski definition) is 1. The molecule has 0 radical (unpaired) electrons. The Hall–Kier alpha value is -3.12. The van der Waals surface area contributed by atoms with Crippen molar-refractivity contribution in [3.8, 4) is 11.3 Å². The molecule has 0 saturated heterocycles. The fourth-order valence-corrected chi connectivity index (χ4v) is 2.47. The Kier molecular flexibility index (Phi) is 2.87. The van der Waals surface area contributed by atoms with Gasteiger partial charge in [0, 0.05) is 22.9 Å². The number of nitrogens with zero attached hydrogens (tertiary/aromatic N) is 5. The summed E-state index contributed by atoms with van der Waals surface area (Å²) in [7, 11) is 0. The van der Waals surface area contributed by atoms with Gasteiger partial charge in [-0.25, -0.2) is 5.10 Å². The second-order valence-electron chi connectivity index (χ2n) is 4.94. The zero-order valence-corrected chi connectivity index (χ0v) is 11.7. The van der Waals surface area contributed by atoms with Gasteiger partial charge in [0.25, 0.3) is 12.2 Å². The average Bonchev–Trinajstić information content (AvgIpc) is 3.27. The molecule has 0 saturated carbocycles.